The molecule has 0 aliphatic carbocycles. The van der Waals surface area contributed by atoms with Gasteiger partial charge >= 0.3 is 0 Å². The Balaban J connectivity index is 2.67. The molecule has 92 valence electrons. The van der Waals surface area contributed by atoms with Crippen molar-refractivity contribution < 1.29 is 14.6 Å². The van der Waals surface area contributed by atoms with Gasteiger partial charge in [-0.2, -0.15) is 0 Å². The molecule has 18 heavy (non-hydrogen) atoms. The van der Waals surface area contributed by atoms with Gasteiger partial charge in [0.2, 0.25) is 0 Å². The minimum Gasteiger partial charge on any atom is -0.545 e. The minimum absolute atomic E-state index is 0.0221. The number of para-hydroxylation sites is 1. The van der Waals surface area contributed by atoms with Crippen LogP contribution in [0.3, 0.4) is 0 Å². The number of aromatic nitrogens is 1. The fraction of sp³-hybridized carbons (Fsp3) is 0.0769. The Morgan fingerprint density at radius 1 is 1.39 bits per heavy atom. The molecule has 0 aliphatic heterocycles. The van der Waals surface area contributed by atoms with Gasteiger partial charge in [0.05, 0.1) is 18.8 Å². The molecule has 0 saturated carbocycles. The molecule has 0 radical (unpaired) electrons. The van der Waals surface area contributed by atoms with Gasteiger partial charge in [0.1, 0.15) is 5.75 Å². The first-order chi connectivity index (χ1) is 8.63. The lowest BCUT2D eigenvalue weighted by Gasteiger charge is -2.12. The largest absolute Gasteiger partial charge is 0.545 e. The fourth-order valence-electron chi connectivity index (χ4n) is 1.65. The van der Waals surface area contributed by atoms with Crippen molar-refractivity contribution in [2.24, 2.45) is 0 Å². The van der Waals surface area contributed by atoms with Crippen LogP contribution in [-0.4, -0.2) is 18.1 Å². The molecule has 2 rings (SSSR count). The number of halogens is 1. The number of carboxylic acids is 1. The van der Waals surface area contributed by atoms with Gasteiger partial charge in [-0.3, -0.25) is 4.98 Å². The highest BCUT2D eigenvalue weighted by atomic mass is 79.9. The van der Waals surface area contributed by atoms with E-state index in [1.54, 1.807) is 24.3 Å². The van der Waals surface area contributed by atoms with E-state index in [1.807, 2.05) is 0 Å². The number of hydrogen-bond donors (Lipinski definition) is 0. The molecule has 0 bridgehead atoms. The van der Waals surface area contributed by atoms with Crippen molar-refractivity contribution in [2.75, 3.05) is 7.11 Å². The maximum Gasteiger partial charge on any atom is 0.128 e. The second kappa shape index (κ2) is 5.18. The van der Waals surface area contributed by atoms with Crippen LogP contribution in [0.25, 0.3) is 11.3 Å². The third kappa shape index (κ3) is 2.36. The van der Waals surface area contributed by atoms with Crippen molar-refractivity contribution >= 4 is 21.9 Å². The number of hydrogen-bond acceptors (Lipinski definition) is 4. The summed E-state index contributed by atoms with van der Waals surface area (Å²) in [5.74, 6) is -0.709. The lowest BCUT2D eigenvalue weighted by molar-refractivity contribution is -0.255. The number of carboxylic acid groups (broad SMARTS) is 1. The van der Waals surface area contributed by atoms with E-state index in [4.69, 9.17) is 4.74 Å². The molecular weight excluding hydrogens is 298 g/mol. The zero-order chi connectivity index (χ0) is 13.1. The Morgan fingerprint density at radius 3 is 2.78 bits per heavy atom. The maximum absolute atomic E-state index is 11.1. The van der Waals surface area contributed by atoms with Gasteiger partial charge in [0.25, 0.3) is 0 Å². The van der Waals surface area contributed by atoms with E-state index in [-0.39, 0.29) is 5.56 Å². The monoisotopic (exact) mass is 306 g/mol. The molecule has 2 aromatic rings. The van der Waals surface area contributed by atoms with E-state index in [2.05, 4.69) is 20.9 Å². The second-order valence-electron chi connectivity index (χ2n) is 3.54. The molecular formula is C13H9BrNO3-. The maximum atomic E-state index is 11.1. The Bertz CT molecular complexity index is 599. The molecule has 4 nitrogen and oxygen atoms in total. The Morgan fingerprint density at radius 2 is 2.11 bits per heavy atom. The zero-order valence-corrected chi connectivity index (χ0v) is 11.1. The highest BCUT2D eigenvalue weighted by molar-refractivity contribution is 9.10. The third-order valence-corrected chi connectivity index (χ3v) is 2.87. The lowest BCUT2D eigenvalue weighted by Crippen LogP contribution is -2.23. The molecule has 0 unspecified atom stereocenters. The Hall–Kier alpha value is -1.88. The quantitative estimate of drug-likeness (QED) is 0.868. The summed E-state index contributed by atoms with van der Waals surface area (Å²) >= 11 is 3.19. The number of carbonyl (C=O) groups is 1. The molecule has 0 fully saturated rings. The normalized spacial score (nSPS) is 10.1. The number of carbonyl (C=O) groups excluding carboxylic acids is 1. The van der Waals surface area contributed by atoms with Gasteiger partial charge in [-0.05, 0) is 34.1 Å². The molecule has 1 aromatic heterocycles. The van der Waals surface area contributed by atoms with Crippen LogP contribution in [0.15, 0.2) is 41.0 Å². The number of benzene rings is 1. The van der Waals surface area contributed by atoms with Crippen LogP contribution >= 0.6 is 15.9 Å². The van der Waals surface area contributed by atoms with Crippen LogP contribution in [0.2, 0.25) is 0 Å². The first-order valence-electron chi connectivity index (χ1n) is 5.13. The summed E-state index contributed by atoms with van der Waals surface area (Å²) in [5, 5.41) is 11.1. The first-order valence-corrected chi connectivity index (χ1v) is 5.93. The van der Waals surface area contributed by atoms with Crippen LogP contribution < -0.4 is 9.84 Å². The van der Waals surface area contributed by atoms with Crippen molar-refractivity contribution in [3.63, 3.8) is 0 Å². The molecule has 0 saturated heterocycles. The van der Waals surface area contributed by atoms with E-state index < -0.39 is 5.97 Å². The fourth-order valence-corrected chi connectivity index (χ4v) is 1.98. The zero-order valence-electron chi connectivity index (χ0n) is 9.51. The molecule has 1 heterocycles. The number of ether oxygens (including phenoxy) is 1. The Labute approximate surface area is 112 Å². The van der Waals surface area contributed by atoms with Gasteiger partial charge in [-0.1, -0.05) is 12.1 Å². The smallest absolute Gasteiger partial charge is 0.128 e. The van der Waals surface area contributed by atoms with E-state index in [0.29, 0.717) is 21.5 Å². The average molecular weight is 307 g/mol. The molecule has 1 aromatic carbocycles. The molecule has 0 amide bonds. The summed E-state index contributed by atoms with van der Waals surface area (Å²) in [6, 6.07) is 8.56. The van der Waals surface area contributed by atoms with Crippen molar-refractivity contribution in [1.29, 1.82) is 0 Å². The highest BCUT2D eigenvalue weighted by Crippen LogP contribution is 2.31. The van der Waals surface area contributed by atoms with Crippen LogP contribution in [0.4, 0.5) is 0 Å². The molecule has 0 atom stereocenters. The van der Waals surface area contributed by atoms with Crippen LogP contribution in [0, 0.1) is 0 Å². The predicted molar refractivity (Wildman–Crippen MR) is 68.3 cm³/mol. The SMILES string of the molecule is COc1ccccc1-c1ncc(Br)cc1C(=O)[O-]. The summed E-state index contributed by atoms with van der Waals surface area (Å²) in [6.45, 7) is 0. The highest BCUT2D eigenvalue weighted by Gasteiger charge is 2.12. The molecule has 0 spiro atoms. The predicted octanol–water partition coefficient (Wildman–Crippen LogP) is 1.88. The summed E-state index contributed by atoms with van der Waals surface area (Å²) in [4.78, 5) is 15.3. The van der Waals surface area contributed by atoms with Crippen molar-refractivity contribution in [2.45, 2.75) is 0 Å². The van der Waals surface area contributed by atoms with Crippen molar-refractivity contribution in [1.82, 2.24) is 4.98 Å². The summed E-state index contributed by atoms with van der Waals surface area (Å²) in [6.07, 6.45) is 1.54. The lowest BCUT2D eigenvalue weighted by atomic mass is 10.1. The van der Waals surface area contributed by atoms with Crippen LogP contribution in [0.5, 0.6) is 5.75 Å². The number of aromatic carboxylic acids is 1. The third-order valence-electron chi connectivity index (χ3n) is 2.44. The summed E-state index contributed by atoms with van der Waals surface area (Å²) in [5.41, 5.74) is 0.969. The Kier molecular flexibility index (Phi) is 3.62. The van der Waals surface area contributed by atoms with Crippen LogP contribution in [-0.2, 0) is 0 Å². The van der Waals surface area contributed by atoms with Gasteiger partial charge in [0, 0.05) is 21.8 Å². The number of pyridine rings is 1. The van der Waals surface area contributed by atoms with E-state index >= 15 is 0 Å². The average Bonchev–Trinajstić information content (AvgIpc) is 2.38. The van der Waals surface area contributed by atoms with Crippen molar-refractivity contribution in [3.05, 3.63) is 46.6 Å². The molecule has 0 aliphatic rings. The first kappa shape index (κ1) is 12.6. The number of methoxy groups -OCH3 is 1. The van der Waals surface area contributed by atoms with Gasteiger partial charge in [-0.25, -0.2) is 0 Å². The van der Waals surface area contributed by atoms with Gasteiger partial charge in [-0.15, -0.1) is 0 Å². The van der Waals surface area contributed by atoms with E-state index in [0.717, 1.165) is 0 Å². The van der Waals surface area contributed by atoms with Gasteiger partial charge in [0.15, 0.2) is 0 Å². The van der Waals surface area contributed by atoms with Crippen molar-refractivity contribution in [3.8, 4) is 17.0 Å². The van der Waals surface area contributed by atoms with Crippen LogP contribution in [0.1, 0.15) is 10.4 Å². The topological polar surface area (TPSA) is 62.2 Å². The second-order valence-corrected chi connectivity index (χ2v) is 4.45. The standard InChI is InChI=1S/C13H10BrNO3/c1-18-11-5-3-2-4-9(11)12-10(13(16)17)6-8(14)7-15-12/h2-7H,1H3,(H,16,17)/p-1. The number of rotatable bonds is 3. The molecule has 5 heteroatoms. The number of nitrogens with zero attached hydrogens (tertiary/aromatic N) is 1. The molecule has 0 N–H and O–H groups in total. The van der Waals surface area contributed by atoms with E-state index in [9.17, 15) is 9.90 Å². The summed E-state index contributed by atoms with van der Waals surface area (Å²) < 4.78 is 5.78. The van der Waals surface area contributed by atoms with Gasteiger partial charge < -0.3 is 14.6 Å². The summed E-state index contributed by atoms with van der Waals surface area (Å²) in [7, 11) is 1.52. The van der Waals surface area contributed by atoms with E-state index in [1.165, 1.54) is 19.4 Å². The minimum atomic E-state index is -1.27.